The van der Waals surface area contributed by atoms with Crippen LogP contribution in [-0.4, -0.2) is 23.0 Å². The first kappa shape index (κ1) is 12.8. The third kappa shape index (κ3) is 1.72. The van der Waals surface area contributed by atoms with Gasteiger partial charge in [0.05, 0.1) is 0 Å². The van der Waals surface area contributed by atoms with Gasteiger partial charge in [0.25, 0.3) is 5.91 Å². The van der Waals surface area contributed by atoms with Gasteiger partial charge < -0.3 is 5.32 Å². The van der Waals surface area contributed by atoms with Crippen LogP contribution in [0.3, 0.4) is 0 Å². The maximum atomic E-state index is 12.8. The zero-order chi connectivity index (χ0) is 14.2. The summed E-state index contributed by atoms with van der Waals surface area (Å²) in [6, 6.07) is 19.4. The molecule has 3 rings (SSSR count). The predicted molar refractivity (Wildman–Crippen MR) is 82.2 cm³/mol. The van der Waals surface area contributed by atoms with E-state index in [1.807, 2.05) is 60.7 Å². The van der Waals surface area contributed by atoms with Crippen LogP contribution >= 0.6 is 12.2 Å². The molecular weight excluding hydrogens is 268 g/mol. The summed E-state index contributed by atoms with van der Waals surface area (Å²) in [4.78, 5) is 14.3. The van der Waals surface area contributed by atoms with E-state index in [1.54, 1.807) is 7.05 Å². The molecule has 0 radical (unpaired) electrons. The van der Waals surface area contributed by atoms with Crippen LogP contribution in [0.5, 0.6) is 0 Å². The molecule has 1 aliphatic rings. The number of nitrogens with one attached hydrogen (secondary N) is 1. The van der Waals surface area contributed by atoms with E-state index in [-0.39, 0.29) is 5.91 Å². The molecule has 1 aliphatic heterocycles. The second kappa shape index (κ2) is 4.72. The van der Waals surface area contributed by atoms with Crippen molar-refractivity contribution in [2.24, 2.45) is 0 Å². The third-order valence-electron chi connectivity index (χ3n) is 3.64. The van der Waals surface area contributed by atoms with Gasteiger partial charge in [-0.15, -0.1) is 0 Å². The number of benzene rings is 2. The molecule has 0 aliphatic carbocycles. The molecule has 100 valence electrons. The van der Waals surface area contributed by atoms with Crippen LogP contribution in [-0.2, 0) is 10.3 Å². The fraction of sp³-hybridized carbons (Fsp3) is 0.125. The van der Waals surface area contributed by atoms with Gasteiger partial charge in [0.1, 0.15) is 0 Å². The van der Waals surface area contributed by atoms with Crippen LogP contribution in [0.1, 0.15) is 11.1 Å². The summed E-state index contributed by atoms with van der Waals surface area (Å²) in [6.07, 6.45) is 0. The van der Waals surface area contributed by atoms with Gasteiger partial charge in [0.15, 0.2) is 10.7 Å². The molecule has 1 amide bonds. The normalized spacial score (nSPS) is 17.1. The molecule has 1 fully saturated rings. The molecule has 2 aromatic rings. The minimum Gasteiger partial charge on any atom is -0.341 e. The SMILES string of the molecule is CN1C(=O)C(c2ccccc2)(c2ccccc2)NC1=S. The maximum Gasteiger partial charge on any atom is 0.263 e. The number of nitrogens with zero attached hydrogens (tertiary/aromatic N) is 1. The lowest BCUT2D eigenvalue weighted by atomic mass is 9.83. The molecule has 1 N–H and O–H groups in total. The molecule has 4 heteroatoms. The fourth-order valence-electron chi connectivity index (χ4n) is 2.58. The number of rotatable bonds is 2. The average molecular weight is 282 g/mol. The highest BCUT2D eigenvalue weighted by molar-refractivity contribution is 7.80. The molecule has 0 unspecified atom stereocenters. The summed E-state index contributed by atoms with van der Waals surface area (Å²) >= 11 is 5.26. The first-order chi connectivity index (χ1) is 9.66. The quantitative estimate of drug-likeness (QED) is 0.858. The van der Waals surface area contributed by atoms with Gasteiger partial charge in [-0.1, -0.05) is 60.7 Å². The van der Waals surface area contributed by atoms with Crippen LogP contribution in [0.25, 0.3) is 0 Å². The van der Waals surface area contributed by atoms with E-state index in [4.69, 9.17) is 12.2 Å². The molecule has 0 aromatic heterocycles. The topological polar surface area (TPSA) is 32.3 Å². The van der Waals surface area contributed by atoms with Gasteiger partial charge >= 0.3 is 0 Å². The van der Waals surface area contributed by atoms with E-state index >= 15 is 0 Å². The Morgan fingerprint density at radius 2 is 1.40 bits per heavy atom. The van der Waals surface area contributed by atoms with Crippen LogP contribution in [0.15, 0.2) is 60.7 Å². The van der Waals surface area contributed by atoms with Crippen molar-refractivity contribution < 1.29 is 4.79 Å². The molecule has 0 spiro atoms. The zero-order valence-corrected chi connectivity index (χ0v) is 11.9. The van der Waals surface area contributed by atoms with E-state index in [1.165, 1.54) is 4.90 Å². The van der Waals surface area contributed by atoms with Crippen molar-refractivity contribution in [1.82, 2.24) is 10.2 Å². The summed E-state index contributed by atoms with van der Waals surface area (Å²) in [5.74, 6) is -0.0556. The van der Waals surface area contributed by atoms with Crippen LogP contribution < -0.4 is 5.32 Å². The second-order valence-electron chi connectivity index (χ2n) is 4.78. The average Bonchev–Trinajstić information content (AvgIpc) is 2.74. The van der Waals surface area contributed by atoms with Crippen molar-refractivity contribution in [1.29, 1.82) is 0 Å². The highest BCUT2D eigenvalue weighted by Crippen LogP contribution is 2.35. The first-order valence-electron chi connectivity index (χ1n) is 6.37. The molecule has 0 bridgehead atoms. The Bertz CT molecular complexity index is 615. The van der Waals surface area contributed by atoms with Gasteiger partial charge in [0.2, 0.25) is 0 Å². The molecular formula is C16H14N2OS. The highest BCUT2D eigenvalue weighted by atomic mass is 32.1. The molecule has 3 nitrogen and oxygen atoms in total. The summed E-state index contributed by atoms with van der Waals surface area (Å²) in [5.41, 5.74) is 0.861. The van der Waals surface area contributed by atoms with Gasteiger partial charge in [-0.25, -0.2) is 0 Å². The van der Waals surface area contributed by atoms with E-state index in [9.17, 15) is 4.79 Å². The summed E-state index contributed by atoms with van der Waals surface area (Å²) in [5, 5.41) is 3.65. The number of carbonyl (C=O) groups excluding carboxylic acids is 1. The molecule has 2 aromatic carbocycles. The summed E-state index contributed by atoms with van der Waals surface area (Å²) in [7, 11) is 1.70. The Morgan fingerprint density at radius 1 is 0.950 bits per heavy atom. The Morgan fingerprint density at radius 3 is 1.75 bits per heavy atom. The van der Waals surface area contributed by atoms with Gasteiger partial charge in [-0.3, -0.25) is 9.69 Å². The number of hydrogen-bond acceptors (Lipinski definition) is 2. The lowest BCUT2D eigenvalue weighted by Crippen LogP contribution is -2.44. The molecule has 20 heavy (non-hydrogen) atoms. The van der Waals surface area contributed by atoms with Crippen molar-refractivity contribution in [3.05, 3.63) is 71.8 Å². The fourth-order valence-corrected chi connectivity index (χ4v) is 2.81. The van der Waals surface area contributed by atoms with Gasteiger partial charge in [0, 0.05) is 7.05 Å². The smallest absolute Gasteiger partial charge is 0.263 e. The van der Waals surface area contributed by atoms with Crippen molar-refractivity contribution in [2.75, 3.05) is 7.05 Å². The van der Waals surface area contributed by atoms with Crippen LogP contribution in [0.4, 0.5) is 0 Å². The summed E-state index contributed by atoms with van der Waals surface area (Å²) in [6.45, 7) is 0. The number of likely N-dealkylation sites (N-methyl/N-ethyl adjacent to an activating group) is 1. The molecule has 0 atom stereocenters. The minimum absolute atomic E-state index is 0.0556. The molecule has 1 saturated heterocycles. The van der Waals surface area contributed by atoms with Gasteiger partial charge in [-0.2, -0.15) is 0 Å². The zero-order valence-electron chi connectivity index (χ0n) is 11.0. The number of thiocarbonyl (C=S) groups is 1. The minimum atomic E-state index is -0.922. The van der Waals surface area contributed by atoms with E-state index in [0.29, 0.717) is 5.11 Å². The lowest BCUT2D eigenvalue weighted by molar-refractivity contribution is -0.129. The number of carbonyl (C=O) groups is 1. The highest BCUT2D eigenvalue weighted by Gasteiger charge is 2.50. The Hall–Kier alpha value is -2.20. The first-order valence-corrected chi connectivity index (χ1v) is 6.78. The van der Waals surface area contributed by atoms with Gasteiger partial charge in [-0.05, 0) is 23.3 Å². The molecule has 1 heterocycles. The third-order valence-corrected chi connectivity index (χ3v) is 4.01. The van der Waals surface area contributed by atoms with Crippen molar-refractivity contribution in [2.45, 2.75) is 5.54 Å². The van der Waals surface area contributed by atoms with Crippen molar-refractivity contribution in [3.8, 4) is 0 Å². The molecule has 0 saturated carbocycles. The monoisotopic (exact) mass is 282 g/mol. The Kier molecular flexibility index (Phi) is 3.03. The number of hydrogen-bond donors (Lipinski definition) is 1. The lowest BCUT2D eigenvalue weighted by Gasteiger charge is -2.28. The van der Waals surface area contributed by atoms with Crippen LogP contribution in [0, 0.1) is 0 Å². The maximum absolute atomic E-state index is 12.8. The van der Waals surface area contributed by atoms with E-state index in [2.05, 4.69) is 5.32 Å². The van der Waals surface area contributed by atoms with Crippen molar-refractivity contribution >= 4 is 23.2 Å². The Balaban J connectivity index is 2.25. The second-order valence-corrected chi connectivity index (χ2v) is 5.16. The standard InChI is InChI=1S/C16H14N2OS/c1-18-14(19)16(17-15(18)20,12-8-4-2-5-9-12)13-10-6-3-7-11-13/h2-11H,1H3,(H,17,20). The predicted octanol–water partition coefficient (Wildman–Crippen LogP) is 2.28. The van der Waals surface area contributed by atoms with Crippen LogP contribution in [0.2, 0.25) is 0 Å². The van der Waals surface area contributed by atoms with E-state index < -0.39 is 5.54 Å². The summed E-state index contributed by atoms with van der Waals surface area (Å²) < 4.78 is 0. The van der Waals surface area contributed by atoms with Crippen molar-refractivity contribution in [3.63, 3.8) is 0 Å². The Labute approximate surface area is 123 Å². The largest absolute Gasteiger partial charge is 0.341 e. The number of amides is 1. The van der Waals surface area contributed by atoms with E-state index in [0.717, 1.165) is 11.1 Å².